The summed E-state index contributed by atoms with van der Waals surface area (Å²) < 4.78 is 1.98. The van der Waals surface area contributed by atoms with Gasteiger partial charge in [-0.25, -0.2) is 4.98 Å². The molecule has 1 aliphatic carbocycles. The summed E-state index contributed by atoms with van der Waals surface area (Å²) in [5.41, 5.74) is 9.97. The second kappa shape index (κ2) is 8.39. The van der Waals surface area contributed by atoms with Crippen molar-refractivity contribution in [1.82, 2.24) is 19.4 Å². The van der Waals surface area contributed by atoms with Gasteiger partial charge in [-0.05, 0) is 50.0 Å². The number of hydrogen-bond donors (Lipinski definition) is 1. The highest BCUT2D eigenvalue weighted by Gasteiger charge is 2.49. The van der Waals surface area contributed by atoms with Crippen molar-refractivity contribution in [3.63, 3.8) is 0 Å². The molecule has 4 rings (SSSR count). The molecule has 168 valence electrons. The number of allylic oxidation sites excluding steroid dienone is 4. The van der Waals surface area contributed by atoms with Gasteiger partial charge in [-0.3, -0.25) is 9.59 Å². The fourth-order valence-electron chi connectivity index (χ4n) is 4.21. The van der Waals surface area contributed by atoms with Gasteiger partial charge < -0.3 is 20.1 Å². The third-order valence-corrected chi connectivity index (χ3v) is 6.52. The SMILES string of the molecule is C=C/C(=C\C=C(/C)C(=O)N1CCN(C(=O)C2(N)CC2)[C@@H](C)C1)c1ccc2c(c1)ncn2C. The lowest BCUT2D eigenvalue weighted by molar-refractivity contribution is -0.142. The molecule has 2 N–H and O–H groups in total. The number of aryl methyl sites for hydroxylation is 1. The topological polar surface area (TPSA) is 84.5 Å². The highest BCUT2D eigenvalue weighted by atomic mass is 16.2. The molecular weight excluding hydrogens is 402 g/mol. The van der Waals surface area contributed by atoms with Gasteiger partial charge in [0, 0.05) is 38.3 Å². The van der Waals surface area contributed by atoms with Crippen molar-refractivity contribution < 1.29 is 9.59 Å². The molecule has 2 aliphatic rings. The number of nitrogens with two attached hydrogens (primary N) is 1. The van der Waals surface area contributed by atoms with E-state index < -0.39 is 5.54 Å². The number of rotatable bonds is 5. The molecule has 1 aromatic carbocycles. The number of carbonyl (C=O) groups excluding carboxylic acids is 2. The van der Waals surface area contributed by atoms with Crippen LogP contribution in [-0.2, 0) is 16.6 Å². The minimum atomic E-state index is -0.666. The number of imidazole rings is 1. The molecule has 0 unspecified atom stereocenters. The predicted molar refractivity (Wildman–Crippen MR) is 127 cm³/mol. The van der Waals surface area contributed by atoms with Crippen molar-refractivity contribution in [1.29, 1.82) is 0 Å². The van der Waals surface area contributed by atoms with Crippen molar-refractivity contribution in [3.8, 4) is 0 Å². The maximum atomic E-state index is 13.0. The molecule has 1 atom stereocenters. The second-order valence-corrected chi connectivity index (χ2v) is 8.99. The summed E-state index contributed by atoms with van der Waals surface area (Å²) in [5, 5.41) is 0. The van der Waals surface area contributed by atoms with Crippen LogP contribution in [-0.4, -0.2) is 62.4 Å². The van der Waals surface area contributed by atoms with Crippen LogP contribution in [0.2, 0.25) is 0 Å². The van der Waals surface area contributed by atoms with Crippen molar-refractivity contribution >= 4 is 28.4 Å². The average Bonchev–Trinajstić information content (AvgIpc) is 3.44. The molecule has 32 heavy (non-hydrogen) atoms. The fourth-order valence-corrected chi connectivity index (χ4v) is 4.21. The Morgan fingerprint density at radius 3 is 2.66 bits per heavy atom. The van der Waals surface area contributed by atoms with E-state index in [-0.39, 0.29) is 17.9 Å². The Balaban J connectivity index is 1.45. The van der Waals surface area contributed by atoms with Crippen LogP contribution in [0.25, 0.3) is 16.6 Å². The molecule has 0 radical (unpaired) electrons. The second-order valence-electron chi connectivity index (χ2n) is 8.99. The first kappa shape index (κ1) is 22.0. The summed E-state index contributed by atoms with van der Waals surface area (Å²) in [4.78, 5) is 33.7. The maximum absolute atomic E-state index is 13.0. The standard InChI is InChI=1S/C25H31N5O2/c1-5-19(20-8-9-22-21(14-20)27-16-28(22)4)7-6-17(2)23(31)29-12-13-30(18(3)15-29)24(32)25(26)10-11-25/h5-9,14,16,18H,1,10-13,15,26H2,2-4H3/b17-6+,19-7+/t18-/m0/s1. The molecule has 7 nitrogen and oxygen atoms in total. The molecular formula is C25H31N5O2. The van der Waals surface area contributed by atoms with Crippen LogP contribution in [0.15, 0.2) is 54.9 Å². The van der Waals surface area contributed by atoms with Crippen molar-refractivity contribution in [2.75, 3.05) is 19.6 Å². The largest absolute Gasteiger partial charge is 0.335 e. The fraction of sp³-hybridized carbons (Fsp3) is 0.400. The van der Waals surface area contributed by atoms with Gasteiger partial charge in [0.05, 0.1) is 22.9 Å². The Morgan fingerprint density at radius 2 is 2.00 bits per heavy atom. The Bertz CT molecular complexity index is 1140. The molecule has 2 amide bonds. The first-order valence-corrected chi connectivity index (χ1v) is 11.1. The summed E-state index contributed by atoms with van der Waals surface area (Å²) in [6, 6.07) is 6.05. The zero-order chi connectivity index (χ0) is 23.0. The lowest BCUT2D eigenvalue weighted by Crippen LogP contribution is -2.59. The highest BCUT2D eigenvalue weighted by molar-refractivity contribution is 5.94. The number of aromatic nitrogens is 2. The molecule has 1 aliphatic heterocycles. The minimum absolute atomic E-state index is 0.0160. The molecule has 2 fully saturated rings. The third kappa shape index (κ3) is 4.12. The minimum Gasteiger partial charge on any atom is -0.335 e. The van der Waals surface area contributed by atoms with Crippen LogP contribution in [0.4, 0.5) is 0 Å². The van der Waals surface area contributed by atoms with E-state index >= 15 is 0 Å². The van der Waals surface area contributed by atoms with Gasteiger partial charge in [0.1, 0.15) is 0 Å². The maximum Gasteiger partial charge on any atom is 0.249 e. The van der Waals surface area contributed by atoms with Crippen LogP contribution >= 0.6 is 0 Å². The van der Waals surface area contributed by atoms with Crippen molar-refractivity contribution in [3.05, 3.63) is 60.5 Å². The van der Waals surface area contributed by atoms with Crippen LogP contribution in [0, 0.1) is 0 Å². The van der Waals surface area contributed by atoms with E-state index in [2.05, 4.69) is 11.6 Å². The predicted octanol–water partition coefficient (Wildman–Crippen LogP) is 2.64. The van der Waals surface area contributed by atoms with E-state index in [1.165, 1.54) is 0 Å². The first-order valence-electron chi connectivity index (χ1n) is 11.1. The third-order valence-electron chi connectivity index (χ3n) is 6.52. The van der Waals surface area contributed by atoms with E-state index in [1.54, 1.807) is 12.4 Å². The van der Waals surface area contributed by atoms with E-state index in [0.717, 1.165) is 35.0 Å². The number of nitrogens with zero attached hydrogens (tertiary/aromatic N) is 4. The monoisotopic (exact) mass is 433 g/mol. The van der Waals surface area contributed by atoms with Crippen LogP contribution in [0.3, 0.4) is 0 Å². The van der Waals surface area contributed by atoms with Crippen LogP contribution in [0.1, 0.15) is 32.3 Å². The number of carbonyl (C=O) groups is 2. The van der Waals surface area contributed by atoms with Gasteiger partial charge in [-0.1, -0.05) is 30.9 Å². The van der Waals surface area contributed by atoms with E-state index in [4.69, 9.17) is 5.73 Å². The number of hydrogen-bond acceptors (Lipinski definition) is 4. The molecule has 1 saturated heterocycles. The number of piperazine rings is 1. The van der Waals surface area contributed by atoms with Crippen molar-refractivity contribution in [2.24, 2.45) is 12.8 Å². The summed E-state index contributed by atoms with van der Waals surface area (Å²) >= 11 is 0. The molecule has 1 saturated carbocycles. The first-order chi connectivity index (χ1) is 15.2. The van der Waals surface area contributed by atoms with E-state index in [1.807, 2.05) is 65.6 Å². The van der Waals surface area contributed by atoms with Gasteiger partial charge >= 0.3 is 0 Å². The molecule has 2 aromatic rings. The van der Waals surface area contributed by atoms with Crippen LogP contribution < -0.4 is 5.73 Å². The van der Waals surface area contributed by atoms with Gasteiger partial charge in [-0.2, -0.15) is 0 Å². The Hall–Kier alpha value is -3.19. The number of benzene rings is 1. The van der Waals surface area contributed by atoms with Crippen LogP contribution in [0.5, 0.6) is 0 Å². The Morgan fingerprint density at radius 1 is 1.25 bits per heavy atom. The molecule has 0 bridgehead atoms. The molecule has 7 heteroatoms. The number of amides is 2. The molecule has 2 heterocycles. The Kier molecular flexibility index (Phi) is 5.77. The summed E-state index contributed by atoms with van der Waals surface area (Å²) in [5.74, 6) is 0.00506. The Labute approximate surface area is 188 Å². The normalized spacial score (nSPS) is 21.1. The summed E-state index contributed by atoms with van der Waals surface area (Å²) in [7, 11) is 1.97. The van der Waals surface area contributed by atoms with Gasteiger partial charge in [-0.15, -0.1) is 0 Å². The van der Waals surface area contributed by atoms with Crippen molar-refractivity contribution in [2.45, 2.75) is 38.3 Å². The van der Waals surface area contributed by atoms with Gasteiger partial charge in [0.2, 0.25) is 11.8 Å². The molecule has 1 aromatic heterocycles. The van der Waals surface area contributed by atoms with E-state index in [9.17, 15) is 9.59 Å². The quantitative estimate of drug-likeness (QED) is 0.580. The zero-order valence-corrected chi connectivity index (χ0v) is 19.0. The van der Waals surface area contributed by atoms with Gasteiger partial charge in [0.15, 0.2) is 0 Å². The summed E-state index contributed by atoms with van der Waals surface area (Å²) in [6.07, 6.45) is 8.84. The smallest absolute Gasteiger partial charge is 0.249 e. The molecule has 0 spiro atoms. The lowest BCUT2D eigenvalue weighted by Gasteiger charge is -2.41. The lowest BCUT2D eigenvalue weighted by atomic mass is 10.0. The average molecular weight is 434 g/mol. The number of fused-ring (bicyclic) bond motifs is 1. The van der Waals surface area contributed by atoms with Gasteiger partial charge in [0.25, 0.3) is 0 Å². The highest BCUT2D eigenvalue weighted by Crippen LogP contribution is 2.35. The van der Waals surface area contributed by atoms with E-state index in [0.29, 0.717) is 25.2 Å². The summed E-state index contributed by atoms with van der Waals surface area (Å²) in [6.45, 7) is 9.28. The zero-order valence-electron chi connectivity index (χ0n) is 19.0.